The molecule has 1 unspecified atom stereocenters. The van der Waals surface area contributed by atoms with E-state index in [0.29, 0.717) is 44.5 Å². The smallest absolute Gasteiger partial charge is 0.261 e. The highest BCUT2D eigenvalue weighted by molar-refractivity contribution is 6.28. The lowest BCUT2D eigenvalue weighted by atomic mass is 9.93. The fourth-order valence-corrected chi connectivity index (χ4v) is 3.32. The molecule has 26 heavy (non-hydrogen) atoms. The van der Waals surface area contributed by atoms with Gasteiger partial charge in [0.25, 0.3) is 11.8 Å². The van der Waals surface area contributed by atoms with E-state index >= 15 is 0 Å². The molecule has 4 rings (SSSR count). The van der Waals surface area contributed by atoms with Crippen LogP contribution in [0.2, 0.25) is 0 Å². The van der Waals surface area contributed by atoms with Crippen molar-refractivity contribution in [1.29, 1.82) is 0 Å². The Kier molecular flexibility index (Phi) is 3.64. The summed E-state index contributed by atoms with van der Waals surface area (Å²) in [4.78, 5) is 35.7. The predicted molar refractivity (Wildman–Crippen MR) is 93.9 cm³/mol. The molecule has 2 heterocycles. The molecule has 0 fully saturated rings. The lowest BCUT2D eigenvalue weighted by molar-refractivity contribution is -0.268. The first-order chi connectivity index (χ1) is 12.4. The summed E-state index contributed by atoms with van der Waals surface area (Å²) < 4.78 is 5.59. The third-order valence-electron chi connectivity index (χ3n) is 4.60. The summed E-state index contributed by atoms with van der Waals surface area (Å²) in [7, 11) is 0. The van der Waals surface area contributed by atoms with E-state index in [2.05, 4.69) is 16.5 Å². The van der Waals surface area contributed by atoms with E-state index in [1.165, 1.54) is 0 Å². The van der Waals surface area contributed by atoms with Crippen LogP contribution in [0.15, 0.2) is 40.8 Å². The van der Waals surface area contributed by atoms with E-state index in [4.69, 9.17) is 9.67 Å². The van der Waals surface area contributed by atoms with E-state index in [1.807, 2.05) is 6.07 Å². The number of hydrogen-bond donors (Lipinski definition) is 1. The monoisotopic (exact) mass is 352 g/mol. The third kappa shape index (κ3) is 2.25. The van der Waals surface area contributed by atoms with Crippen LogP contribution in [-0.2, 0) is 4.89 Å². The number of carbonyl (C=O) groups excluding carboxylic acids is 2. The Morgan fingerprint density at radius 2 is 2.08 bits per heavy atom. The lowest BCUT2D eigenvalue weighted by Gasteiger charge is -2.29. The first-order valence-corrected chi connectivity index (χ1v) is 8.07. The van der Waals surface area contributed by atoms with Crippen molar-refractivity contribution in [2.75, 3.05) is 6.54 Å². The number of imide groups is 1. The zero-order valence-corrected chi connectivity index (χ0v) is 14.3. The second-order valence-electron chi connectivity index (χ2n) is 6.39. The highest BCUT2D eigenvalue weighted by Gasteiger charge is 2.35. The van der Waals surface area contributed by atoms with E-state index in [0.717, 1.165) is 4.90 Å². The van der Waals surface area contributed by atoms with Gasteiger partial charge in [-0.05, 0) is 24.6 Å². The maximum Gasteiger partial charge on any atom is 0.261 e. The minimum Gasteiger partial charge on any atom is -0.441 e. The molecule has 1 aliphatic heterocycles. The van der Waals surface area contributed by atoms with Gasteiger partial charge in [0.2, 0.25) is 0 Å². The van der Waals surface area contributed by atoms with Crippen LogP contribution < -0.4 is 0 Å². The van der Waals surface area contributed by atoms with Gasteiger partial charge in [-0.1, -0.05) is 18.7 Å². The van der Waals surface area contributed by atoms with Gasteiger partial charge in [-0.25, -0.2) is 9.87 Å². The summed E-state index contributed by atoms with van der Waals surface area (Å²) in [5, 5.41) is 10.3. The van der Waals surface area contributed by atoms with Crippen molar-refractivity contribution in [3.63, 3.8) is 0 Å². The molecule has 0 saturated heterocycles. The quantitative estimate of drug-likeness (QED) is 0.335. The van der Waals surface area contributed by atoms with Gasteiger partial charge in [0.15, 0.2) is 11.5 Å². The number of rotatable bonds is 4. The van der Waals surface area contributed by atoms with Crippen LogP contribution in [0.25, 0.3) is 21.9 Å². The number of oxazole rings is 1. The Balaban J connectivity index is 1.94. The van der Waals surface area contributed by atoms with Crippen molar-refractivity contribution < 1.29 is 24.2 Å². The maximum atomic E-state index is 13.0. The van der Waals surface area contributed by atoms with Crippen molar-refractivity contribution in [2.45, 2.75) is 20.0 Å². The Bertz CT molecular complexity index is 1100. The summed E-state index contributed by atoms with van der Waals surface area (Å²) in [6.45, 7) is 6.95. The molecule has 0 spiro atoms. The molecule has 3 aromatic rings. The number of nitrogens with zero attached hydrogens (tertiary/aromatic N) is 2. The summed E-state index contributed by atoms with van der Waals surface area (Å²) in [6.07, 6.45) is -0.861. The van der Waals surface area contributed by atoms with E-state index in [-0.39, 0.29) is 6.54 Å². The van der Waals surface area contributed by atoms with Crippen LogP contribution >= 0.6 is 0 Å². The molecule has 132 valence electrons. The molecule has 1 aromatic heterocycles. The van der Waals surface area contributed by atoms with Gasteiger partial charge in [-0.15, -0.1) is 0 Å². The minimum absolute atomic E-state index is 0.132. The van der Waals surface area contributed by atoms with Crippen molar-refractivity contribution in [1.82, 2.24) is 9.88 Å². The average molecular weight is 352 g/mol. The normalized spacial score (nSPS) is 15.1. The molecule has 0 saturated carbocycles. The SMILES string of the molecule is C=C(C)C(CN1C(=O)c2cccc3c2c(cc2oc(C)nc23)C1=O)OO. The van der Waals surface area contributed by atoms with Gasteiger partial charge < -0.3 is 4.42 Å². The van der Waals surface area contributed by atoms with Crippen molar-refractivity contribution in [3.8, 4) is 0 Å². The molecule has 1 atom stereocenters. The Morgan fingerprint density at radius 1 is 1.35 bits per heavy atom. The minimum atomic E-state index is -0.861. The second-order valence-corrected chi connectivity index (χ2v) is 6.39. The number of carbonyl (C=O) groups is 2. The van der Waals surface area contributed by atoms with Crippen LogP contribution in [0.3, 0.4) is 0 Å². The van der Waals surface area contributed by atoms with Crippen LogP contribution in [0, 0.1) is 6.92 Å². The summed E-state index contributed by atoms with van der Waals surface area (Å²) >= 11 is 0. The molecule has 0 aliphatic carbocycles. The van der Waals surface area contributed by atoms with Crippen LogP contribution in [0.1, 0.15) is 33.5 Å². The molecule has 1 N–H and O–H groups in total. The van der Waals surface area contributed by atoms with Gasteiger partial charge in [0.1, 0.15) is 11.6 Å². The Labute approximate surface area is 148 Å². The van der Waals surface area contributed by atoms with Gasteiger partial charge in [-0.2, -0.15) is 0 Å². The van der Waals surface area contributed by atoms with Crippen molar-refractivity contribution in [3.05, 3.63) is 53.4 Å². The van der Waals surface area contributed by atoms with Gasteiger partial charge in [0.05, 0.1) is 12.1 Å². The lowest BCUT2D eigenvalue weighted by Crippen LogP contribution is -2.45. The Morgan fingerprint density at radius 3 is 2.77 bits per heavy atom. The Hall–Kier alpha value is -3.03. The molecular formula is C19H16N2O5. The third-order valence-corrected chi connectivity index (χ3v) is 4.60. The van der Waals surface area contributed by atoms with Gasteiger partial charge >= 0.3 is 0 Å². The second kappa shape index (κ2) is 5.76. The molecule has 1 aliphatic rings. The van der Waals surface area contributed by atoms with Crippen molar-refractivity contribution >= 4 is 33.7 Å². The molecule has 2 aromatic carbocycles. The standard InChI is InChI=1S/C19H16N2O5/c1-9(2)15(26-24)8-21-18(22)12-6-4-5-11-16(12)13(19(21)23)7-14-17(11)20-10(3)25-14/h4-7,15,24H,1,8H2,2-3H3. The maximum absolute atomic E-state index is 13.0. The summed E-state index contributed by atoms with van der Waals surface area (Å²) in [5.41, 5.74) is 2.36. The van der Waals surface area contributed by atoms with E-state index in [1.54, 1.807) is 32.0 Å². The zero-order valence-electron chi connectivity index (χ0n) is 14.3. The number of fused-ring (bicyclic) bond motifs is 2. The number of aryl methyl sites for hydroxylation is 1. The van der Waals surface area contributed by atoms with Crippen LogP contribution in [0.4, 0.5) is 0 Å². The molecule has 0 radical (unpaired) electrons. The number of benzene rings is 2. The largest absolute Gasteiger partial charge is 0.441 e. The van der Waals surface area contributed by atoms with Gasteiger partial charge in [0, 0.05) is 23.3 Å². The van der Waals surface area contributed by atoms with E-state index < -0.39 is 17.9 Å². The average Bonchev–Trinajstić information content (AvgIpc) is 2.99. The highest BCUT2D eigenvalue weighted by Crippen LogP contribution is 2.35. The topological polar surface area (TPSA) is 92.9 Å². The van der Waals surface area contributed by atoms with Crippen LogP contribution in [0.5, 0.6) is 0 Å². The predicted octanol–water partition coefficient (Wildman–Crippen LogP) is 3.32. The van der Waals surface area contributed by atoms with Crippen molar-refractivity contribution in [2.24, 2.45) is 0 Å². The molecule has 7 nitrogen and oxygen atoms in total. The zero-order chi connectivity index (χ0) is 18.6. The molecule has 2 amide bonds. The molecular weight excluding hydrogens is 336 g/mol. The number of amides is 2. The fourth-order valence-electron chi connectivity index (χ4n) is 3.32. The molecule has 0 bridgehead atoms. The number of hydrogen-bond acceptors (Lipinski definition) is 6. The van der Waals surface area contributed by atoms with Gasteiger partial charge in [-0.3, -0.25) is 19.7 Å². The first kappa shape index (κ1) is 16.4. The highest BCUT2D eigenvalue weighted by atomic mass is 17.1. The van der Waals surface area contributed by atoms with E-state index in [9.17, 15) is 9.59 Å². The summed E-state index contributed by atoms with van der Waals surface area (Å²) in [5.74, 6) is -0.441. The van der Waals surface area contributed by atoms with Crippen LogP contribution in [-0.4, -0.2) is 39.6 Å². The number of aromatic nitrogens is 1. The molecule has 7 heteroatoms. The fraction of sp³-hybridized carbons (Fsp3) is 0.211. The first-order valence-electron chi connectivity index (χ1n) is 8.07. The summed E-state index contributed by atoms with van der Waals surface area (Å²) in [6, 6.07) is 6.84.